The Kier molecular flexibility index (Phi) is 9.89. The quantitative estimate of drug-likeness (QED) is 0.384. The van der Waals surface area contributed by atoms with E-state index in [0.717, 1.165) is 0 Å². The van der Waals surface area contributed by atoms with Crippen LogP contribution in [-0.2, 0) is 9.53 Å². The molecule has 1 saturated heterocycles. The van der Waals surface area contributed by atoms with Gasteiger partial charge in [-0.1, -0.05) is 65.4 Å². The van der Waals surface area contributed by atoms with Gasteiger partial charge in [0.15, 0.2) is 0 Å². The molecule has 0 aliphatic carbocycles. The van der Waals surface area contributed by atoms with Crippen molar-refractivity contribution >= 4 is 5.97 Å². The number of carbonyl (C=O) groups excluding carboxylic acids is 1. The van der Waals surface area contributed by atoms with Crippen LogP contribution < -0.4 is 0 Å². The van der Waals surface area contributed by atoms with Crippen LogP contribution in [0.2, 0.25) is 0 Å². The predicted octanol–water partition coefficient (Wildman–Crippen LogP) is 4.63. The van der Waals surface area contributed by atoms with E-state index in [4.69, 9.17) is 4.74 Å². The second-order valence-corrected chi connectivity index (χ2v) is 4.79. The zero-order valence-electron chi connectivity index (χ0n) is 11.8. The van der Waals surface area contributed by atoms with E-state index < -0.39 is 0 Å². The molecule has 17 heavy (non-hydrogen) atoms. The lowest BCUT2D eigenvalue weighted by Gasteiger charge is -1.96. The Hall–Kier alpha value is -0.790. The van der Waals surface area contributed by atoms with Crippen molar-refractivity contribution in [1.29, 1.82) is 0 Å². The fourth-order valence-corrected chi connectivity index (χ4v) is 1.77. The molecule has 1 aliphatic rings. The zero-order valence-corrected chi connectivity index (χ0v) is 11.8. The molecule has 1 atom stereocenters. The summed E-state index contributed by atoms with van der Waals surface area (Å²) in [4.78, 5) is 10.5. The van der Waals surface area contributed by atoms with Gasteiger partial charge in [-0.2, -0.15) is 0 Å². The van der Waals surface area contributed by atoms with Gasteiger partial charge >= 0.3 is 5.97 Å². The van der Waals surface area contributed by atoms with Crippen molar-refractivity contribution in [3.63, 3.8) is 0 Å². The van der Waals surface area contributed by atoms with E-state index in [1.165, 1.54) is 44.9 Å². The number of ether oxygens (including phenoxy) is 1. The highest BCUT2D eigenvalue weighted by molar-refractivity contribution is 5.89. The van der Waals surface area contributed by atoms with Crippen LogP contribution in [0.4, 0.5) is 0 Å². The first-order valence-electron chi connectivity index (χ1n) is 7.00. The molecule has 0 N–H and O–H groups in total. The molecule has 0 saturated carbocycles. The van der Waals surface area contributed by atoms with Gasteiger partial charge in [-0.25, -0.2) is 4.79 Å². The Bertz CT molecular complexity index is 199. The second kappa shape index (κ2) is 10.4. The van der Waals surface area contributed by atoms with Gasteiger partial charge in [-0.05, 0) is 6.92 Å². The van der Waals surface area contributed by atoms with Crippen LogP contribution in [-0.4, -0.2) is 12.1 Å². The number of esters is 1. The normalized spacial score (nSPS) is 18.6. The van der Waals surface area contributed by atoms with Crippen molar-refractivity contribution in [2.24, 2.45) is 0 Å². The molecule has 2 nitrogen and oxygen atoms in total. The minimum atomic E-state index is -0.238. The van der Waals surface area contributed by atoms with Gasteiger partial charge in [-0.3, -0.25) is 0 Å². The lowest BCUT2D eigenvalue weighted by molar-refractivity contribution is -0.138. The SMILES string of the molecule is C=C1CC(C)OC1=O.CCCCCCCCC. The van der Waals surface area contributed by atoms with E-state index in [1.807, 2.05) is 6.92 Å². The third kappa shape index (κ3) is 8.96. The molecule has 100 valence electrons. The fraction of sp³-hybridized carbons (Fsp3) is 0.800. The molecule has 0 spiro atoms. The topological polar surface area (TPSA) is 26.3 Å². The van der Waals surface area contributed by atoms with Gasteiger partial charge in [0.1, 0.15) is 6.10 Å². The number of carbonyl (C=O) groups is 1. The second-order valence-electron chi connectivity index (χ2n) is 4.79. The lowest BCUT2D eigenvalue weighted by Crippen LogP contribution is -1.99. The van der Waals surface area contributed by atoms with Crippen molar-refractivity contribution < 1.29 is 9.53 Å². The van der Waals surface area contributed by atoms with E-state index in [1.54, 1.807) is 0 Å². The smallest absolute Gasteiger partial charge is 0.333 e. The van der Waals surface area contributed by atoms with E-state index in [0.29, 0.717) is 12.0 Å². The van der Waals surface area contributed by atoms with Gasteiger partial charge in [0.05, 0.1) is 0 Å². The Balaban J connectivity index is 0.000000302. The Morgan fingerprint density at radius 3 is 1.82 bits per heavy atom. The largest absolute Gasteiger partial charge is 0.459 e. The van der Waals surface area contributed by atoms with Gasteiger partial charge < -0.3 is 4.74 Å². The molecular weight excluding hydrogens is 212 g/mol. The van der Waals surface area contributed by atoms with Gasteiger partial charge in [-0.15, -0.1) is 0 Å². The molecule has 0 bridgehead atoms. The van der Waals surface area contributed by atoms with E-state index >= 15 is 0 Å². The van der Waals surface area contributed by atoms with Crippen molar-refractivity contribution in [3.8, 4) is 0 Å². The summed E-state index contributed by atoms with van der Waals surface area (Å²) in [6.45, 7) is 9.90. The number of hydrogen-bond donors (Lipinski definition) is 0. The van der Waals surface area contributed by atoms with Crippen LogP contribution in [0.5, 0.6) is 0 Å². The minimum absolute atomic E-state index is 0.0509. The van der Waals surface area contributed by atoms with Gasteiger partial charge in [0.2, 0.25) is 0 Å². The molecule has 0 aromatic carbocycles. The van der Waals surface area contributed by atoms with Crippen LogP contribution in [0.25, 0.3) is 0 Å². The zero-order chi connectivity index (χ0) is 13.1. The first kappa shape index (κ1) is 16.2. The summed E-state index contributed by atoms with van der Waals surface area (Å²) in [5.74, 6) is -0.238. The predicted molar refractivity (Wildman–Crippen MR) is 73.0 cm³/mol. The molecule has 1 heterocycles. The van der Waals surface area contributed by atoms with E-state index in [-0.39, 0.29) is 12.1 Å². The fourth-order valence-electron chi connectivity index (χ4n) is 1.77. The third-order valence-electron chi connectivity index (χ3n) is 2.84. The van der Waals surface area contributed by atoms with E-state index in [9.17, 15) is 4.79 Å². The maximum absolute atomic E-state index is 10.5. The molecule has 1 unspecified atom stereocenters. The molecule has 0 aromatic rings. The van der Waals surface area contributed by atoms with Crippen molar-refractivity contribution in [2.45, 2.75) is 78.2 Å². The molecular formula is C15H28O2. The highest BCUT2D eigenvalue weighted by Crippen LogP contribution is 2.16. The maximum Gasteiger partial charge on any atom is 0.333 e. The van der Waals surface area contributed by atoms with Crippen LogP contribution >= 0.6 is 0 Å². The van der Waals surface area contributed by atoms with E-state index in [2.05, 4.69) is 20.4 Å². The van der Waals surface area contributed by atoms with Crippen LogP contribution in [0, 0.1) is 0 Å². The minimum Gasteiger partial charge on any atom is -0.459 e. The number of hydrogen-bond acceptors (Lipinski definition) is 2. The summed E-state index contributed by atoms with van der Waals surface area (Å²) in [7, 11) is 0. The Morgan fingerprint density at radius 2 is 1.59 bits per heavy atom. The number of unbranched alkanes of at least 4 members (excludes halogenated alkanes) is 6. The number of cyclic esters (lactones) is 1. The molecule has 1 rings (SSSR count). The van der Waals surface area contributed by atoms with Gasteiger partial charge in [0.25, 0.3) is 0 Å². The average molecular weight is 240 g/mol. The Morgan fingerprint density at radius 1 is 1.12 bits per heavy atom. The van der Waals surface area contributed by atoms with Crippen LogP contribution in [0.1, 0.15) is 72.1 Å². The summed E-state index contributed by atoms with van der Waals surface area (Å²) in [6.07, 6.45) is 10.7. The van der Waals surface area contributed by atoms with Crippen molar-refractivity contribution in [2.75, 3.05) is 0 Å². The summed E-state index contributed by atoms with van der Waals surface area (Å²) < 4.78 is 4.73. The standard InChI is InChI=1S/C9H20.C6H8O2/c1-3-5-7-9-8-6-4-2;1-4-3-5(2)8-6(4)7/h3-9H2,1-2H3;5H,1,3H2,2H3. The first-order valence-corrected chi connectivity index (χ1v) is 7.00. The summed E-state index contributed by atoms with van der Waals surface area (Å²) in [5, 5.41) is 0. The Labute approximate surface area is 106 Å². The first-order chi connectivity index (χ1) is 8.11. The molecule has 0 radical (unpaired) electrons. The average Bonchev–Trinajstić information content (AvgIpc) is 2.57. The summed E-state index contributed by atoms with van der Waals surface area (Å²) in [5.41, 5.74) is 0.595. The third-order valence-corrected chi connectivity index (χ3v) is 2.84. The molecule has 0 amide bonds. The highest BCUT2D eigenvalue weighted by atomic mass is 16.5. The van der Waals surface area contributed by atoms with Gasteiger partial charge in [0, 0.05) is 12.0 Å². The molecule has 2 heteroatoms. The maximum atomic E-state index is 10.5. The molecule has 0 aromatic heterocycles. The van der Waals surface area contributed by atoms with Crippen molar-refractivity contribution in [3.05, 3.63) is 12.2 Å². The van der Waals surface area contributed by atoms with Crippen LogP contribution in [0.15, 0.2) is 12.2 Å². The van der Waals surface area contributed by atoms with Crippen LogP contribution in [0.3, 0.4) is 0 Å². The lowest BCUT2D eigenvalue weighted by atomic mass is 10.1. The monoisotopic (exact) mass is 240 g/mol. The summed E-state index contributed by atoms with van der Waals surface area (Å²) >= 11 is 0. The number of rotatable bonds is 6. The summed E-state index contributed by atoms with van der Waals surface area (Å²) in [6, 6.07) is 0. The molecule has 1 fully saturated rings. The van der Waals surface area contributed by atoms with Crippen molar-refractivity contribution in [1.82, 2.24) is 0 Å². The highest BCUT2D eigenvalue weighted by Gasteiger charge is 2.22. The molecule has 1 aliphatic heterocycles.